The van der Waals surface area contributed by atoms with E-state index in [1.54, 1.807) is 12.3 Å². The molecule has 0 aliphatic heterocycles. The third kappa shape index (κ3) is 6.71. The summed E-state index contributed by atoms with van der Waals surface area (Å²) in [6.45, 7) is 5.48. The number of nitrogens with one attached hydrogen (secondary N) is 2. The molecule has 0 fully saturated rings. The molecule has 21 heavy (non-hydrogen) atoms. The number of nitrogens with zero attached hydrogens (tertiary/aromatic N) is 1. The summed E-state index contributed by atoms with van der Waals surface area (Å²) in [5.74, 6) is 1.25. The lowest BCUT2D eigenvalue weighted by Crippen LogP contribution is -2.25. The van der Waals surface area contributed by atoms with Crippen LogP contribution in [0, 0.1) is 0 Å². The van der Waals surface area contributed by atoms with Crippen molar-refractivity contribution in [1.29, 1.82) is 0 Å². The molecule has 6 heteroatoms. The average Bonchev–Trinajstić information content (AvgIpc) is 2.48. The molecule has 0 bridgehead atoms. The summed E-state index contributed by atoms with van der Waals surface area (Å²) in [6, 6.07) is 3.60. The molecular formula is C15H25N3O2S. The standard InChI is InChI=1S/C15H25N3O2S/c1-4-7-16-14-11-12(10-13(5-2)18-14)15(19)17-8-6-9-21(3)20/h10-11H,4-9H2,1-3H3,(H,16,18)(H,17,19). The van der Waals surface area contributed by atoms with Gasteiger partial charge in [0, 0.05) is 47.2 Å². The van der Waals surface area contributed by atoms with Gasteiger partial charge in [-0.25, -0.2) is 4.98 Å². The highest BCUT2D eigenvalue weighted by Crippen LogP contribution is 2.11. The van der Waals surface area contributed by atoms with Gasteiger partial charge in [0.25, 0.3) is 5.91 Å². The molecule has 0 aliphatic rings. The minimum absolute atomic E-state index is 0.103. The summed E-state index contributed by atoms with van der Waals surface area (Å²) < 4.78 is 11.0. The minimum atomic E-state index is -0.809. The number of carbonyl (C=O) groups is 1. The molecule has 1 aromatic heterocycles. The molecule has 1 heterocycles. The molecule has 0 radical (unpaired) electrons. The van der Waals surface area contributed by atoms with Gasteiger partial charge in [0.05, 0.1) is 0 Å². The molecule has 2 N–H and O–H groups in total. The van der Waals surface area contributed by atoms with Gasteiger partial charge in [-0.1, -0.05) is 13.8 Å². The van der Waals surface area contributed by atoms with Gasteiger partial charge in [0.1, 0.15) is 5.82 Å². The molecular weight excluding hydrogens is 286 g/mol. The van der Waals surface area contributed by atoms with E-state index in [9.17, 15) is 9.00 Å². The zero-order valence-corrected chi connectivity index (χ0v) is 13.9. The first-order chi connectivity index (χ1) is 10.1. The third-order valence-corrected chi connectivity index (χ3v) is 3.82. The Balaban J connectivity index is 2.66. The average molecular weight is 311 g/mol. The lowest BCUT2D eigenvalue weighted by atomic mass is 10.1. The molecule has 0 saturated carbocycles. The van der Waals surface area contributed by atoms with Crippen molar-refractivity contribution in [1.82, 2.24) is 10.3 Å². The van der Waals surface area contributed by atoms with Crippen LogP contribution < -0.4 is 10.6 Å². The van der Waals surface area contributed by atoms with Gasteiger partial charge in [-0.15, -0.1) is 0 Å². The fraction of sp³-hybridized carbons (Fsp3) is 0.600. The van der Waals surface area contributed by atoms with Gasteiger partial charge >= 0.3 is 0 Å². The molecule has 1 unspecified atom stereocenters. The molecule has 1 amide bonds. The number of hydrogen-bond acceptors (Lipinski definition) is 4. The molecule has 0 aliphatic carbocycles. The van der Waals surface area contributed by atoms with Crippen molar-refractivity contribution in [3.8, 4) is 0 Å². The second kappa shape index (κ2) is 9.50. The van der Waals surface area contributed by atoms with Gasteiger partial charge in [-0.2, -0.15) is 0 Å². The first kappa shape index (κ1) is 17.6. The van der Waals surface area contributed by atoms with Crippen molar-refractivity contribution in [3.05, 3.63) is 23.4 Å². The number of pyridine rings is 1. The molecule has 118 valence electrons. The second-order valence-electron chi connectivity index (χ2n) is 4.90. The quantitative estimate of drug-likeness (QED) is 0.684. The summed E-state index contributed by atoms with van der Waals surface area (Å²) in [7, 11) is -0.809. The van der Waals surface area contributed by atoms with Gasteiger partial charge in [0.2, 0.25) is 0 Å². The van der Waals surface area contributed by atoms with Crippen LogP contribution >= 0.6 is 0 Å². The summed E-state index contributed by atoms with van der Waals surface area (Å²) in [5, 5.41) is 6.08. The Hall–Kier alpha value is -1.43. The molecule has 5 nitrogen and oxygen atoms in total. The summed E-state index contributed by atoms with van der Waals surface area (Å²) in [5.41, 5.74) is 1.52. The van der Waals surface area contributed by atoms with E-state index in [1.165, 1.54) is 0 Å². The SMILES string of the molecule is CCCNc1cc(C(=O)NCCCS(C)=O)cc(CC)n1. The van der Waals surface area contributed by atoms with Crippen molar-refractivity contribution < 1.29 is 9.00 Å². The van der Waals surface area contributed by atoms with Gasteiger partial charge in [-0.05, 0) is 31.4 Å². The van der Waals surface area contributed by atoms with Gasteiger partial charge in [0.15, 0.2) is 0 Å². The van der Waals surface area contributed by atoms with Crippen LogP contribution in [0.3, 0.4) is 0 Å². The van der Waals surface area contributed by atoms with E-state index in [2.05, 4.69) is 22.5 Å². The lowest BCUT2D eigenvalue weighted by molar-refractivity contribution is 0.0953. The number of amides is 1. The number of hydrogen-bond donors (Lipinski definition) is 2. The molecule has 1 atom stereocenters. The monoisotopic (exact) mass is 311 g/mol. The Kier molecular flexibility index (Phi) is 7.97. The first-order valence-corrected chi connectivity index (χ1v) is 9.12. The smallest absolute Gasteiger partial charge is 0.251 e. The molecule has 0 aromatic carbocycles. The number of aromatic nitrogens is 1. The number of anilines is 1. The zero-order valence-electron chi connectivity index (χ0n) is 13.1. The van der Waals surface area contributed by atoms with Crippen molar-refractivity contribution in [2.45, 2.75) is 33.1 Å². The second-order valence-corrected chi connectivity index (χ2v) is 6.45. The molecule has 1 aromatic rings. The fourth-order valence-corrected chi connectivity index (χ4v) is 2.37. The van der Waals surface area contributed by atoms with Crippen LogP contribution in [-0.4, -0.2) is 40.2 Å². The largest absolute Gasteiger partial charge is 0.370 e. The number of aryl methyl sites for hydroxylation is 1. The van der Waals surface area contributed by atoms with E-state index in [0.717, 1.165) is 37.3 Å². The minimum Gasteiger partial charge on any atom is -0.370 e. The maximum absolute atomic E-state index is 12.1. The third-order valence-electron chi connectivity index (χ3n) is 2.95. The van der Waals surface area contributed by atoms with E-state index < -0.39 is 10.8 Å². The lowest BCUT2D eigenvalue weighted by Gasteiger charge is -2.10. The van der Waals surface area contributed by atoms with Crippen LogP contribution in [-0.2, 0) is 17.2 Å². The maximum Gasteiger partial charge on any atom is 0.251 e. The molecule has 1 rings (SSSR count). The Labute approximate surface area is 129 Å². The van der Waals surface area contributed by atoms with E-state index in [1.807, 2.05) is 13.0 Å². The first-order valence-electron chi connectivity index (χ1n) is 7.39. The fourth-order valence-electron chi connectivity index (χ4n) is 1.82. The Morgan fingerprint density at radius 3 is 2.67 bits per heavy atom. The molecule has 0 saturated heterocycles. The topological polar surface area (TPSA) is 71.1 Å². The predicted octanol–water partition coefficient (Wildman–Crippen LogP) is 1.96. The zero-order chi connectivity index (χ0) is 15.7. The van der Waals surface area contributed by atoms with Crippen molar-refractivity contribution in [2.75, 3.05) is 30.4 Å². The number of carbonyl (C=O) groups excluding carboxylic acids is 1. The van der Waals surface area contributed by atoms with Crippen LogP contribution in [0.2, 0.25) is 0 Å². The van der Waals surface area contributed by atoms with E-state index in [4.69, 9.17) is 0 Å². The van der Waals surface area contributed by atoms with E-state index in [0.29, 0.717) is 17.9 Å². The molecule has 0 spiro atoms. The highest BCUT2D eigenvalue weighted by Gasteiger charge is 2.09. The van der Waals surface area contributed by atoms with Gasteiger partial charge < -0.3 is 10.6 Å². The van der Waals surface area contributed by atoms with Crippen LogP contribution in [0.25, 0.3) is 0 Å². The number of rotatable bonds is 9. The van der Waals surface area contributed by atoms with E-state index in [-0.39, 0.29) is 5.91 Å². The summed E-state index contributed by atoms with van der Waals surface area (Å²) in [4.78, 5) is 16.6. The summed E-state index contributed by atoms with van der Waals surface area (Å²) >= 11 is 0. The Morgan fingerprint density at radius 1 is 1.29 bits per heavy atom. The van der Waals surface area contributed by atoms with E-state index >= 15 is 0 Å². The van der Waals surface area contributed by atoms with Gasteiger partial charge in [-0.3, -0.25) is 9.00 Å². The Morgan fingerprint density at radius 2 is 2.05 bits per heavy atom. The predicted molar refractivity (Wildman–Crippen MR) is 88.3 cm³/mol. The van der Waals surface area contributed by atoms with Crippen LogP contribution in [0.1, 0.15) is 42.7 Å². The van der Waals surface area contributed by atoms with Crippen molar-refractivity contribution >= 4 is 22.5 Å². The van der Waals surface area contributed by atoms with Crippen LogP contribution in [0.5, 0.6) is 0 Å². The highest BCUT2D eigenvalue weighted by molar-refractivity contribution is 7.84. The summed E-state index contributed by atoms with van der Waals surface area (Å²) in [6.07, 6.45) is 4.19. The Bertz CT molecular complexity index is 492. The van der Waals surface area contributed by atoms with Crippen molar-refractivity contribution in [3.63, 3.8) is 0 Å². The van der Waals surface area contributed by atoms with Crippen LogP contribution in [0.15, 0.2) is 12.1 Å². The highest BCUT2D eigenvalue weighted by atomic mass is 32.2. The normalized spacial score (nSPS) is 12.0. The maximum atomic E-state index is 12.1. The van der Waals surface area contributed by atoms with Crippen molar-refractivity contribution in [2.24, 2.45) is 0 Å². The van der Waals surface area contributed by atoms with Crippen LogP contribution in [0.4, 0.5) is 5.82 Å².